The molecule has 0 aromatic heterocycles. The van der Waals surface area contributed by atoms with Crippen LogP contribution in [0.15, 0.2) is 48.5 Å². The Balaban J connectivity index is 2.17. The predicted molar refractivity (Wildman–Crippen MR) is 139 cm³/mol. The second-order valence-electron chi connectivity index (χ2n) is 8.58. The zero-order valence-electron chi connectivity index (χ0n) is 21.3. The van der Waals surface area contributed by atoms with E-state index in [1.165, 1.54) is 11.4 Å². The summed E-state index contributed by atoms with van der Waals surface area (Å²) in [6.07, 6.45) is 2.32. The third-order valence-corrected chi connectivity index (χ3v) is 6.88. The molecule has 1 atom stereocenters. The number of ether oxygens (including phenoxy) is 1. The summed E-state index contributed by atoms with van der Waals surface area (Å²) in [5.74, 6) is 0.0174. The first kappa shape index (κ1) is 28.2. The number of anilines is 1. The molecule has 2 aromatic carbocycles. The highest BCUT2D eigenvalue weighted by Gasteiger charge is 2.27. The lowest BCUT2D eigenvalue weighted by atomic mass is 10.1. The van der Waals surface area contributed by atoms with E-state index in [1.54, 1.807) is 36.1 Å². The van der Waals surface area contributed by atoms with Crippen LogP contribution < -0.4 is 14.4 Å². The zero-order chi connectivity index (χ0) is 26.0. The van der Waals surface area contributed by atoms with E-state index in [9.17, 15) is 18.0 Å². The fraction of sp³-hybridized carbons (Fsp3) is 0.462. The van der Waals surface area contributed by atoms with Crippen molar-refractivity contribution in [2.45, 2.75) is 52.6 Å². The van der Waals surface area contributed by atoms with Crippen molar-refractivity contribution in [1.29, 1.82) is 0 Å². The zero-order valence-corrected chi connectivity index (χ0v) is 22.1. The molecule has 8 nitrogen and oxygen atoms in total. The predicted octanol–water partition coefficient (Wildman–Crippen LogP) is 3.49. The number of carbonyl (C=O) groups is 2. The SMILES string of the molecule is CCCNC(=O)[C@H](C)N(Cc1ccc(C)cc1)C(=O)CCCN(c1ccccc1OC)S(C)(=O)=O. The van der Waals surface area contributed by atoms with Crippen LogP contribution in [0.1, 0.15) is 44.2 Å². The van der Waals surface area contributed by atoms with Gasteiger partial charge in [0.15, 0.2) is 0 Å². The number of benzene rings is 2. The van der Waals surface area contributed by atoms with E-state index in [2.05, 4.69) is 5.32 Å². The molecule has 0 aliphatic heterocycles. The van der Waals surface area contributed by atoms with Crippen molar-refractivity contribution in [3.8, 4) is 5.75 Å². The lowest BCUT2D eigenvalue weighted by Gasteiger charge is -2.29. The van der Waals surface area contributed by atoms with Crippen LogP contribution in [0.3, 0.4) is 0 Å². The van der Waals surface area contributed by atoms with Gasteiger partial charge in [0, 0.05) is 26.1 Å². The second-order valence-corrected chi connectivity index (χ2v) is 10.5. The molecule has 0 unspecified atom stereocenters. The average Bonchev–Trinajstić information content (AvgIpc) is 2.83. The molecule has 0 fully saturated rings. The van der Waals surface area contributed by atoms with Crippen molar-refractivity contribution in [2.24, 2.45) is 0 Å². The van der Waals surface area contributed by atoms with Gasteiger partial charge in [-0.3, -0.25) is 13.9 Å². The van der Waals surface area contributed by atoms with Crippen LogP contribution in [-0.4, -0.2) is 57.6 Å². The summed E-state index contributed by atoms with van der Waals surface area (Å²) in [6.45, 7) is 6.62. The number of methoxy groups -OCH3 is 1. The summed E-state index contributed by atoms with van der Waals surface area (Å²) in [4.78, 5) is 27.5. The molecule has 0 saturated heterocycles. The maximum atomic E-state index is 13.3. The third-order valence-electron chi connectivity index (χ3n) is 5.70. The number of hydrogen-bond donors (Lipinski definition) is 1. The smallest absolute Gasteiger partial charge is 0.242 e. The first-order chi connectivity index (χ1) is 16.6. The number of rotatable bonds is 13. The van der Waals surface area contributed by atoms with Gasteiger partial charge in [0.1, 0.15) is 11.8 Å². The normalized spacial score (nSPS) is 12.0. The number of amides is 2. The standard InChI is InChI=1S/C26H37N3O5S/c1-6-17-27-26(31)21(3)28(19-22-15-13-20(2)14-16-22)25(30)12-9-18-29(35(5,32)33)23-10-7-8-11-24(23)34-4/h7-8,10-11,13-16,21H,6,9,12,17-19H2,1-5H3,(H,27,31)/t21-/m0/s1. The van der Waals surface area contributed by atoms with Gasteiger partial charge < -0.3 is 15.0 Å². The summed E-state index contributed by atoms with van der Waals surface area (Å²) >= 11 is 0. The Morgan fingerprint density at radius 3 is 2.34 bits per heavy atom. The average molecular weight is 504 g/mol. The molecule has 192 valence electrons. The topological polar surface area (TPSA) is 96.0 Å². The van der Waals surface area contributed by atoms with E-state index in [0.29, 0.717) is 24.5 Å². The quantitative estimate of drug-likeness (QED) is 0.451. The van der Waals surface area contributed by atoms with Gasteiger partial charge in [0.25, 0.3) is 0 Å². The Kier molecular flexibility index (Phi) is 10.6. The molecule has 0 aliphatic rings. The van der Waals surface area contributed by atoms with Gasteiger partial charge in [-0.15, -0.1) is 0 Å². The third kappa shape index (κ3) is 8.28. The van der Waals surface area contributed by atoms with Crippen molar-refractivity contribution in [1.82, 2.24) is 10.2 Å². The Bertz CT molecular complexity index is 1090. The van der Waals surface area contributed by atoms with Crippen LogP contribution >= 0.6 is 0 Å². The fourth-order valence-corrected chi connectivity index (χ4v) is 4.66. The van der Waals surface area contributed by atoms with E-state index in [-0.39, 0.29) is 31.2 Å². The molecular weight excluding hydrogens is 466 g/mol. The minimum Gasteiger partial charge on any atom is -0.495 e. The Hall–Kier alpha value is -3.07. The second kappa shape index (κ2) is 13.1. The molecule has 1 N–H and O–H groups in total. The maximum Gasteiger partial charge on any atom is 0.242 e. The highest BCUT2D eigenvalue weighted by Crippen LogP contribution is 2.29. The molecule has 0 saturated carbocycles. The summed E-state index contributed by atoms with van der Waals surface area (Å²) in [7, 11) is -2.11. The lowest BCUT2D eigenvalue weighted by molar-refractivity contribution is -0.140. The highest BCUT2D eigenvalue weighted by molar-refractivity contribution is 7.92. The molecule has 0 aliphatic carbocycles. The van der Waals surface area contributed by atoms with Gasteiger partial charge >= 0.3 is 0 Å². The van der Waals surface area contributed by atoms with Crippen LogP contribution in [-0.2, 0) is 26.2 Å². The molecule has 0 bridgehead atoms. The number of nitrogens with zero attached hydrogens (tertiary/aromatic N) is 2. The molecular formula is C26H37N3O5S. The molecule has 0 spiro atoms. The summed E-state index contributed by atoms with van der Waals surface area (Å²) in [5.41, 5.74) is 2.46. The van der Waals surface area contributed by atoms with Gasteiger partial charge in [-0.25, -0.2) is 8.42 Å². The Morgan fingerprint density at radius 1 is 1.09 bits per heavy atom. The minimum atomic E-state index is -3.60. The molecule has 0 radical (unpaired) electrons. The van der Waals surface area contributed by atoms with Crippen LogP contribution in [0.2, 0.25) is 0 Å². The number of hydrogen-bond acceptors (Lipinski definition) is 5. The van der Waals surface area contributed by atoms with Crippen molar-refractivity contribution < 1.29 is 22.7 Å². The van der Waals surface area contributed by atoms with Gasteiger partial charge in [0.05, 0.1) is 19.1 Å². The Morgan fingerprint density at radius 2 is 1.74 bits per heavy atom. The van der Waals surface area contributed by atoms with Crippen LogP contribution in [0, 0.1) is 6.92 Å². The van der Waals surface area contributed by atoms with Gasteiger partial charge in [0.2, 0.25) is 21.8 Å². The molecule has 35 heavy (non-hydrogen) atoms. The molecule has 0 heterocycles. The summed E-state index contributed by atoms with van der Waals surface area (Å²) < 4.78 is 31.6. The number of carbonyl (C=O) groups excluding carboxylic acids is 2. The van der Waals surface area contributed by atoms with Gasteiger partial charge in [-0.05, 0) is 44.4 Å². The molecule has 9 heteroatoms. The summed E-state index contributed by atoms with van der Waals surface area (Å²) in [5, 5.41) is 2.86. The van der Waals surface area contributed by atoms with Crippen molar-refractivity contribution in [3.63, 3.8) is 0 Å². The largest absolute Gasteiger partial charge is 0.495 e. The number of aryl methyl sites for hydroxylation is 1. The number of para-hydroxylation sites is 2. The Labute approximate surface area is 209 Å². The number of nitrogens with one attached hydrogen (secondary N) is 1. The van der Waals surface area contributed by atoms with E-state index in [0.717, 1.165) is 23.8 Å². The van der Waals surface area contributed by atoms with Crippen molar-refractivity contribution in [3.05, 3.63) is 59.7 Å². The van der Waals surface area contributed by atoms with Gasteiger partial charge in [-0.2, -0.15) is 0 Å². The van der Waals surface area contributed by atoms with Crippen molar-refractivity contribution >= 4 is 27.5 Å². The summed E-state index contributed by atoms with van der Waals surface area (Å²) in [6, 6.07) is 14.0. The molecule has 2 amide bonds. The number of sulfonamides is 1. The molecule has 2 aromatic rings. The minimum absolute atomic E-state index is 0.0957. The fourth-order valence-electron chi connectivity index (χ4n) is 3.69. The molecule has 2 rings (SSSR count). The highest BCUT2D eigenvalue weighted by atomic mass is 32.2. The monoisotopic (exact) mass is 503 g/mol. The van der Waals surface area contributed by atoms with Crippen molar-refractivity contribution in [2.75, 3.05) is 30.8 Å². The van der Waals surface area contributed by atoms with E-state index in [4.69, 9.17) is 4.74 Å². The lowest BCUT2D eigenvalue weighted by Crippen LogP contribution is -2.47. The maximum absolute atomic E-state index is 13.3. The van der Waals surface area contributed by atoms with Crippen LogP contribution in [0.5, 0.6) is 5.75 Å². The van der Waals surface area contributed by atoms with E-state index >= 15 is 0 Å². The van der Waals surface area contributed by atoms with E-state index in [1.807, 2.05) is 38.1 Å². The van der Waals surface area contributed by atoms with E-state index < -0.39 is 16.1 Å². The van der Waals surface area contributed by atoms with Crippen LogP contribution in [0.25, 0.3) is 0 Å². The first-order valence-corrected chi connectivity index (χ1v) is 13.7. The van der Waals surface area contributed by atoms with Gasteiger partial charge in [-0.1, -0.05) is 48.9 Å². The van der Waals surface area contributed by atoms with Crippen LogP contribution in [0.4, 0.5) is 5.69 Å². The first-order valence-electron chi connectivity index (χ1n) is 11.8.